The molecule has 3 heterocycles. The second-order valence-corrected chi connectivity index (χ2v) is 8.32. The third-order valence-corrected chi connectivity index (χ3v) is 6.55. The quantitative estimate of drug-likeness (QED) is 0.789. The molecule has 1 saturated carbocycles. The van der Waals surface area contributed by atoms with Crippen molar-refractivity contribution < 1.29 is 4.79 Å². The molecule has 0 unspecified atom stereocenters. The Labute approximate surface area is 152 Å². The van der Waals surface area contributed by atoms with Crippen LogP contribution in [0.2, 0.25) is 0 Å². The van der Waals surface area contributed by atoms with E-state index >= 15 is 0 Å². The van der Waals surface area contributed by atoms with Gasteiger partial charge in [-0.15, -0.1) is 10.2 Å². The van der Waals surface area contributed by atoms with E-state index in [2.05, 4.69) is 20.1 Å². The average molecular weight is 359 g/mol. The molecule has 6 nitrogen and oxygen atoms in total. The van der Waals surface area contributed by atoms with Crippen LogP contribution in [0.3, 0.4) is 0 Å². The molecule has 7 heteroatoms. The van der Waals surface area contributed by atoms with Crippen molar-refractivity contribution in [1.82, 2.24) is 24.5 Å². The summed E-state index contributed by atoms with van der Waals surface area (Å²) in [5, 5.41) is 9.11. The van der Waals surface area contributed by atoms with Crippen molar-refractivity contribution in [2.75, 3.05) is 18.8 Å². The molecule has 25 heavy (non-hydrogen) atoms. The topological polar surface area (TPSA) is 63.4 Å². The van der Waals surface area contributed by atoms with Crippen LogP contribution in [0, 0.1) is 25.7 Å². The number of thioether (sulfide) groups is 1. The van der Waals surface area contributed by atoms with Gasteiger partial charge in [-0.25, -0.2) is 4.98 Å². The zero-order chi connectivity index (χ0) is 17.4. The fraction of sp³-hybridized carbons (Fsp3) is 0.667. The highest BCUT2D eigenvalue weighted by Crippen LogP contribution is 2.36. The molecule has 2 aromatic heterocycles. The SMILES string of the molecule is Cc1cc(C)n2c(SCC(=O)N3CC[C@@H]4CCCC[C@H]4C3)nnc2n1. The first-order chi connectivity index (χ1) is 12.1. The van der Waals surface area contributed by atoms with Crippen LogP contribution in [0.15, 0.2) is 11.2 Å². The van der Waals surface area contributed by atoms with Crippen molar-refractivity contribution in [3.8, 4) is 0 Å². The number of likely N-dealkylation sites (tertiary alicyclic amines) is 1. The van der Waals surface area contributed by atoms with Crippen molar-refractivity contribution in [1.29, 1.82) is 0 Å². The normalized spacial score (nSPS) is 23.7. The maximum absolute atomic E-state index is 12.7. The molecule has 0 aromatic carbocycles. The van der Waals surface area contributed by atoms with E-state index in [0.29, 0.717) is 11.5 Å². The molecule has 2 aliphatic rings. The van der Waals surface area contributed by atoms with Gasteiger partial charge in [0.05, 0.1) is 5.75 Å². The number of rotatable bonds is 3. The highest BCUT2D eigenvalue weighted by molar-refractivity contribution is 7.99. The highest BCUT2D eigenvalue weighted by atomic mass is 32.2. The van der Waals surface area contributed by atoms with Crippen molar-refractivity contribution in [3.63, 3.8) is 0 Å². The van der Waals surface area contributed by atoms with Crippen LogP contribution >= 0.6 is 11.8 Å². The Balaban J connectivity index is 1.41. The molecule has 134 valence electrons. The smallest absolute Gasteiger partial charge is 0.256 e. The third kappa shape index (κ3) is 3.38. The Morgan fingerprint density at radius 2 is 2.00 bits per heavy atom. The molecule has 0 radical (unpaired) electrons. The Morgan fingerprint density at radius 1 is 1.20 bits per heavy atom. The third-order valence-electron chi connectivity index (χ3n) is 5.63. The molecule has 1 aliphatic carbocycles. The zero-order valence-corrected chi connectivity index (χ0v) is 15.8. The summed E-state index contributed by atoms with van der Waals surface area (Å²) >= 11 is 1.47. The summed E-state index contributed by atoms with van der Waals surface area (Å²) < 4.78 is 1.93. The molecule has 2 aromatic rings. The van der Waals surface area contributed by atoms with Gasteiger partial charge in [-0.2, -0.15) is 0 Å². The number of aryl methyl sites for hydroxylation is 2. The van der Waals surface area contributed by atoms with Crippen molar-refractivity contribution in [2.45, 2.75) is 51.1 Å². The number of carbonyl (C=O) groups is 1. The molecule has 0 bridgehead atoms. The van der Waals surface area contributed by atoms with Gasteiger partial charge in [0.2, 0.25) is 5.91 Å². The summed E-state index contributed by atoms with van der Waals surface area (Å²) in [7, 11) is 0. The van der Waals surface area contributed by atoms with Crippen LogP contribution in [0.1, 0.15) is 43.5 Å². The van der Waals surface area contributed by atoms with Gasteiger partial charge < -0.3 is 4.90 Å². The monoisotopic (exact) mass is 359 g/mol. The maximum atomic E-state index is 12.7. The van der Waals surface area contributed by atoms with E-state index in [4.69, 9.17) is 0 Å². The molecule has 1 amide bonds. The van der Waals surface area contributed by atoms with Gasteiger partial charge in [-0.3, -0.25) is 9.20 Å². The lowest BCUT2D eigenvalue weighted by Crippen LogP contribution is -2.45. The number of aromatic nitrogens is 4. The maximum Gasteiger partial charge on any atom is 0.256 e. The van der Waals surface area contributed by atoms with Crippen molar-refractivity contribution in [2.24, 2.45) is 11.8 Å². The molecular formula is C18H25N5OS. The van der Waals surface area contributed by atoms with E-state index in [1.54, 1.807) is 0 Å². The molecule has 0 spiro atoms. The highest BCUT2D eigenvalue weighted by Gasteiger charge is 2.32. The van der Waals surface area contributed by atoms with E-state index in [0.717, 1.165) is 41.5 Å². The second kappa shape index (κ2) is 6.94. The lowest BCUT2D eigenvalue weighted by Gasteiger charge is -2.41. The summed E-state index contributed by atoms with van der Waals surface area (Å²) in [4.78, 5) is 19.1. The molecule has 2 fully saturated rings. The fourth-order valence-corrected chi connectivity index (χ4v) is 5.23. The van der Waals surface area contributed by atoms with Gasteiger partial charge in [0.1, 0.15) is 0 Å². The van der Waals surface area contributed by atoms with Crippen LogP contribution in [-0.4, -0.2) is 49.2 Å². The van der Waals surface area contributed by atoms with Crippen LogP contribution < -0.4 is 0 Å². The molecular weight excluding hydrogens is 334 g/mol. The van der Waals surface area contributed by atoms with Crippen molar-refractivity contribution in [3.05, 3.63) is 17.5 Å². The standard InChI is InChI=1S/C18H25N5OS/c1-12-9-13(2)23-17(19-12)20-21-18(23)25-11-16(24)22-8-7-14-5-3-4-6-15(14)10-22/h9,14-15H,3-8,10-11H2,1-2H3/t14-,15-/m0/s1. The molecule has 0 N–H and O–H groups in total. The van der Waals surface area contributed by atoms with Gasteiger partial charge >= 0.3 is 0 Å². The summed E-state index contributed by atoms with van der Waals surface area (Å²) in [5.41, 5.74) is 1.98. The number of carbonyl (C=O) groups excluding carboxylic acids is 1. The van der Waals surface area contributed by atoms with E-state index in [9.17, 15) is 4.79 Å². The number of piperidine rings is 1. The van der Waals surface area contributed by atoms with Crippen LogP contribution in [-0.2, 0) is 4.79 Å². The molecule has 2 atom stereocenters. The largest absolute Gasteiger partial charge is 0.342 e. The summed E-state index contributed by atoms with van der Waals surface area (Å²) in [6.07, 6.45) is 6.53. The number of fused-ring (bicyclic) bond motifs is 2. The minimum absolute atomic E-state index is 0.225. The minimum atomic E-state index is 0.225. The summed E-state index contributed by atoms with van der Waals surface area (Å²) in [6.45, 7) is 5.84. The van der Waals surface area contributed by atoms with Crippen molar-refractivity contribution >= 4 is 23.4 Å². The van der Waals surface area contributed by atoms with E-state index in [1.807, 2.05) is 24.3 Å². The fourth-order valence-electron chi connectivity index (χ4n) is 4.34. The van der Waals surface area contributed by atoms with Crippen LogP contribution in [0.4, 0.5) is 0 Å². The van der Waals surface area contributed by atoms with E-state index < -0.39 is 0 Å². The molecule has 4 rings (SSSR count). The lowest BCUT2D eigenvalue weighted by molar-refractivity contribution is -0.131. The van der Waals surface area contributed by atoms with Gasteiger partial charge in [-0.05, 0) is 44.6 Å². The average Bonchev–Trinajstić information content (AvgIpc) is 3.02. The Hall–Kier alpha value is -1.63. The molecule has 1 aliphatic heterocycles. The zero-order valence-electron chi connectivity index (χ0n) is 14.9. The first-order valence-electron chi connectivity index (χ1n) is 9.22. The Morgan fingerprint density at radius 3 is 2.84 bits per heavy atom. The predicted molar refractivity (Wildman–Crippen MR) is 97.6 cm³/mol. The Kier molecular flexibility index (Phi) is 4.67. The van der Waals surface area contributed by atoms with Gasteiger partial charge in [-0.1, -0.05) is 31.0 Å². The summed E-state index contributed by atoms with van der Waals surface area (Å²) in [6, 6.07) is 2.01. The first-order valence-corrected chi connectivity index (χ1v) is 10.2. The van der Waals surface area contributed by atoms with Gasteiger partial charge in [0.25, 0.3) is 5.78 Å². The van der Waals surface area contributed by atoms with Crippen LogP contribution in [0.25, 0.3) is 5.78 Å². The number of hydrogen-bond donors (Lipinski definition) is 0. The number of hydrogen-bond acceptors (Lipinski definition) is 5. The lowest BCUT2D eigenvalue weighted by atomic mass is 9.75. The van der Waals surface area contributed by atoms with E-state index in [1.165, 1.54) is 43.9 Å². The van der Waals surface area contributed by atoms with Gasteiger partial charge in [0, 0.05) is 24.5 Å². The summed E-state index contributed by atoms with van der Waals surface area (Å²) in [5.74, 6) is 2.83. The number of amides is 1. The predicted octanol–water partition coefficient (Wildman–Crippen LogP) is 2.87. The van der Waals surface area contributed by atoms with Crippen LogP contribution in [0.5, 0.6) is 0 Å². The molecule has 1 saturated heterocycles. The Bertz CT molecular complexity index is 789. The van der Waals surface area contributed by atoms with Gasteiger partial charge in [0.15, 0.2) is 5.16 Å². The first kappa shape index (κ1) is 16.8. The second-order valence-electron chi connectivity index (χ2n) is 7.38. The number of nitrogens with zero attached hydrogens (tertiary/aromatic N) is 5. The minimum Gasteiger partial charge on any atom is -0.342 e. The van der Waals surface area contributed by atoms with E-state index in [-0.39, 0.29) is 5.91 Å².